The van der Waals surface area contributed by atoms with Gasteiger partial charge in [0.2, 0.25) is 0 Å². The normalized spacial score (nSPS) is 30.0. The number of aromatic nitrogens is 9. The van der Waals surface area contributed by atoms with Crippen molar-refractivity contribution in [3.8, 4) is 0 Å². The van der Waals surface area contributed by atoms with Gasteiger partial charge in [0.25, 0.3) is 10.1 Å². The summed E-state index contributed by atoms with van der Waals surface area (Å²) in [5, 5.41) is 16.5. The first-order valence-electron chi connectivity index (χ1n) is 48.8. The summed E-state index contributed by atoms with van der Waals surface area (Å²) in [5.74, 6) is 4.87. The number of carbonyl (C=O) groups is 7. The monoisotopic (exact) mass is 1970 g/mol. The second-order valence-corrected chi connectivity index (χ2v) is 50.7. The van der Waals surface area contributed by atoms with E-state index in [9.17, 15) is 47.1 Å². The zero-order valence-corrected chi connectivity index (χ0v) is 88.1. The lowest BCUT2D eigenvalue weighted by molar-refractivity contribution is -0.118. The summed E-state index contributed by atoms with van der Waals surface area (Å²) in [6.07, 6.45) is 20.3. The Morgan fingerprint density at radius 1 is 0.428 bits per heavy atom. The number of aliphatic hydroxyl groups excluding tert-OH is 1. The molecule has 0 radical (unpaired) electrons. The molecule has 6 saturated heterocycles. The first kappa shape index (κ1) is 109. The van der Waals surface area contributed by atoms with Gasteiger partial charge in [-0.3, -0.25) is 8.98 Å². The van der Waals surface area contributed by atoms with Crippen molar-refractivity contribution in [3.63, 3.8) is 0 Å². The number of hydrogen-bond donors (Lipinski definition) is 5. The standard InChI is InChI=1S/2C20H29N5O2.C14H26N2O2.C14H25NO5S.C13H23NO3.C13H21NO3.C6H4ClN3.CH4/c2*1-19(2,3)27-18(26)25-10-13-8-14(9-20(13,4)11-25)24(5)17-15-6-7-21-16(15)22-12-23-17;1-13(2,3)18-12(17)16-8-10-6-11(15-5)7-14(10,4)9-16;1-13(2,3)19-12(16)15-8-10-6-11(20-21(5,17)18)7-14(10,4)9-15;2*1-12(2,3)17-11(16)14-7-9-5-10(15)6-13(9,4)8-14;7-5-4-1-2-8-6(4)10-3-9-5;/h2*6-7,12-14H,8-11H2,1-5H3,(H,21,22,23);10-11,15H,6-9H2,1-5H3;10-11H,6-9H2,1-5H3;9-10,15H,5-8H2,1-4H3;9H,5-8H2,1-4H3;1-3H,(H,8,9,10);1H4/t2*13-,14+,20+;10-,11+,14+;10-,11-,14+;9-,10-,13+;9-,13+;;/m111111../s1. The largest absolute Gasteiger partial charge is 0.444 e. The highest BCUT2D eigenvalue weighted by Gasteiger charge is 2.58. The molecule has 6 amide bonds. The molecule has 6 aromatic rings. The van der Waals surface area contributed by atoms with Gasteiger partial charge in [-0.15, -0.1) is 0 Å². The van der Waals surface area contributed by atoms with Crippen LogP contribution in [0.1, 0.15) is 251 Å². The number of nitrogens with one attached hydrogen (secondary N) is 4. The molecule has 12 heterocycles. The zero-order chi connectivity index (χ0) is 101. The van der Waals surface area contributed by atoms with Crippen LogP contribution in [0.2, 0.25) is 5.15 Å². The van der Waals surface area contributed by atoms with E-state index in [2.05, 4.69) is 116 Å². The summed E-state index contributed by atoms with van der Waals surface area (Å²) >= 11 is 5.73. The van der Waals surface area contributed by atoms with E-state index in [4.69, 9.17) is 44.2 Å². The number of amides is 6. The number of halogens is 1. The second kappa shape index (κ2) is 41.1. The van der Waals surface area contributed by atoms with Gasteiger partial charge in [0.15, 0.2) is 0 Å². The van der Waals surface area contributed by atoms with Crippen LogP contribution in [-0.2, 0) is 47.5 Å². The molecule has 17 atom stereocenters. The van der Waals surface area contributed by atoms with E-state index in [0.717, 1.165) is 142 Å². The molecule has 6 aliphatic heterocycles. The van der Waals surface area contributed by atoms with Gasteiger partial charge in [0.05, 0.1) is 34.6 Å². The maximum Gasteiger partial charge on any atom is 0.410 e. The topological polar surface area (TPSA) is 401 Å². The summed E-state index contributed by atoms with van der Waals surface area (Å²) in [6, 6.07) is 7.34. The van der Waals surface area contributed by atoms with E-state index in [1.165, 1.54) is 12.7 Å². The summed E-state index contributed by atoms with van der Waals surface area (Å²) in [4.78, 5) is 135. The highest BCUT2D eigenvalue weighted by molar-refractivity contribution is 7.86. The van der Waals surface area contributed by atoms with Crippen LogP contribution in [0.25, 0.3) is 33.1 Å². The van der Waals surface area contributed by atoms with Crippen LogP contribution >= 0.6 is 11.6 Å². The quantitative estimate of drug-likeness (QED) is 0.0563. The predicted octanol–water partition coefficient (Wildman–Crippen LogP) is 17.6. The van der Waals surface area contributed by atoms with Crippen molar-refractivity contribution in [2.45, 2.75) is 315 Å². The fourth-order valence-electron chi connectivity index (χ4n) is 23.1. The average Bonchev–Trinajstić information content (AvgIpc) is 1.61. The number of fused-ring (bicyclic) bond motifs is 9. The van der Waals surface area contributed by atoms with E-state index in [1.807, 2.05) is 177 Å². The number of nitrogens with zero attached hydrogens (tertiary/aromatic N) is 14. The molecule has 6 aromatic heterocycles. The van der Waals surface area contributed by atoms with Gasteiger partial charge in [0, 0.05) is 142 Å². The molecule has 5 N–H and O–H groups in total. The molecule has 770 valence electrons. The number of H-pyrrole nitrogens is 3. The minimum atomic E-state index is -3.42. The highest BCUT2D eigenvalue weighted by Crippen LogP contribution is 2.56. The number of ketones is 1. The van der Waals surface area contributed by atoms with E-state index in [0.29, 0.717) is 117 Å². The molecule has 0 spiro atoms. The Labute approximate surface area is 822 Å². The van der Waals surface area contributed by atoms with Crippen molar-refractivity contribution in [2.24, 2.45) is 68.0 Å². The number of Topliss-reactive ketones (excluding diaryl/α,β-unsaturated/α-hetero) is 1. The third kappa shape index (κ3) is 27.2. The van der Waals surface area contributed by atoms with Crippen LogP contribution in [0.15, 0.2) is 55.8 Å². The van der Waals surface area contributed by atoms with Crippen LogP contribution in [-0.4, -0.2) is 300 Å². The molecule has 6 aliphatic carbocycles. The number of likely N-dealkylation sites (tertiary alicyclic amines) is 6. The second-order valence-electron chi connectivity index (χ2n) is 48.8. The number of aromatic amines is 3. The minimum Gasteiger partial charge on any atom is -0.444 e. The van der Waals surface area contributed by atoms with Gasteiger partial charge in [-0.25, -0.2) is 58.7 Å². The van der Waals surface area contributed by atoms with E-state index in [1.54, 1.807) is 33.6 Å². The Morgan fingerprint density at radius 3 is 1.04 bits per heavy atom. The van der Waals surface area contributed by atoms with Gasteiger partial charge in [-0.1, -0.05) is 60.6 Å². The van der Waals surface area contributed by atoms with Gasteiger partial charge >= 0.3 is 36.6 Å². The van der Waals surface area contributed by atoms with E-state index >= 15 is 0 Å². The van der Waals surface area contributed by atoms with Crippen molar-refractivity contribution >= 4 is 109 Å². The first-order valence-corrected chi connectivity index (χ1v) is 51.0. The van der Waals surface area contributed by atoms with Crippen molar-refractivity contribution in [2.75, 3.05) is 116 Å². The van der Waals surface area contributed by atoms with E-state index < -0.39 is 43.7 Å². The summed E-state index contributed by atoms with van der Waals surface area (Å²) in [6.45, 7) is 56.0. The SMILES string of the molecule is C.CC(C)(C)OC(=O)N1C[C@H]2CC(=O)C[C@@]2(C)C1.CC(C)(C)OC(=O)N1C[C@H]2C[C@@H](O)C[C@@]2(C)C1.CC(C)(C)OC(=O)N1C[C@H]2C[C@@H](OS(C)(=O)=O)C[C@@]2(C)C1.CN(c1ncnc2[nH]ccc12)[C@H]1C[C@@H]2CN(C(=O)OC(C)(C)C)C[C@]2(C)C1.CN(c1ncnc2[nH]ccc12)[C@H]1C[C@@H]2CN(C(=O)OC(C)(C)C)C[C@]2(C)C1.CN[C@H]1C[C@@H]2CN(C(=O)OC(C)(C)C)C[C@]2(C)C1.Clc1ncnc2[nH]ccc12. The molecule has 0 bridgehead atoms. The van der Waals surface area contributed by atoms with Crippen molar-refractivity contribution < 1.29 is 79.7 Å². The molecular formula is C101H161ClN18O17S. The van der Waals surface area contributed by atoms with Crippen LogP contribution in [0.4, 0.5) is 40.4 Å². The van der Waals surface area contributed by atoms with E-state index in [-0.39, 0.29) is 94.6 Å². The summed E-state index contributed by atoms with van der Waals surface area (Å²) < 4.78 is 60.3. The number of anilines is 2. The Kier molecular flexibility index (Phi) is 32.5. The number of hydrogen-bond acceptors (Lipinski definition) is 26. The Bertz CT molecular complexity index is 5260. The predicted molar refractivity (Wildman–Crippen MR) is 533 cm³/mol. The number of aliphatic hydroxyl groups is 1. The van der Waals surface area contributed by atoms with Crippen LogP contribution in [0.5, 0.6) is 0 Å². The maximum atomic E-state index is 12.5. The molecule has 138 heavy (non-hydrogen) atoms. The molecule has 0 aromatic carbocycles. The van der Waals surface area contributed by atoms with Crippen LogP contribution in [0, 0.1) is 68.0 Å². The van der Waals surface area contributed by atoms with Crippen LogP contribution in [0.3, 0.4) is 0 Å². The number of carbonyl (C=O) groups excluding carboxylic acids is 7. The third-order valence-corrected chi connectivity index (χ3v) is 30.5. The lowest BCUT2D eigenvalue weighted by Gasteiger charge is -2.30. The number of rotatable bonds is 7. The van der Waals surface area contributed by atoms with Gasteiger partial charge in [-0.05, 0) is 282 Å². The molecule has 12 fully saturated rings. The van der Waals surface area contributed by atoms with Gasteiger partial charge < -0.3 is 93.0 Å². The van der Waals surface area contributed by atoms with Gasteiger partial charge in [0.1, 0.15) is 92.1 Å². The summed E-state index contributed by atoms with van der Waals surface area (Å²) in [7, 11) is 2.85. The Balaban J connectivity index is 0.000000157. The van der Waals surface area contributed by atoms with Crippen LogP contribution < -0.4 is 15.1 Å². The Hall–Kier alpha value is -9.13. The lowest BCUT2D eigenvalue weighted by Crippen LogP contribution is -2.38. The minimum absolute atomic E-state index is 0. The lowest BCUT2D eigenvalue weighted by atomic mass is 9.83. The third-order valence-electron chi connectivity index (χ3n) is 29.6. The van der Waals surface area contributed by atoms with Crippen molar-refractivity contribution in [3.05, 3.63) is 60.9 Å². The number of ether oxygens (including phenoxy) is 6. The molecule has 18 rings (SSSR count). The molecular weight excluding hydrogens is 1800 g/mol. The molecule has 37 heteroatoms. The van der Waals surface area contributed by atoms with Gasteiger partial charge in [-0.2, -0.15) is 8.42 Å². The first-order chi connectivity index (χ1) is 63.2. The highest BCUT2D eigenvalue weighted by atomic mass is 35.5. The van der Waals surface area contributed by atoms with Crippen molar-refractivity contribution in [1.82, 2.24) is 79.6 Å². The fraction of sp³-hybridized carbons (Fsp3) is 0.752. The fourth-order valence-corrected chi connectivity index (χ4v) is 23.9. The molecule has 0 unspecified atom stereocenters. The molecule has 6 saturated carbocycles. The average molecular weight is 1970 g/mol. The van der Waals surface area contributed by atoms with Crippen molar-refractivity contribution in [1.29, 1.82) is 0 Å². The maximum absolute atomic E-state index is 12.5. The molecule has 35 nitrogen and oxygen atoms in total. The summed E-state index contributed by atoms with van der Waals surface area (Å²) in [5.41, 5.74) is 0.309. The Morgan fingerprint density at radius 2 is 0.725 bits per heavy atom. The zero-order valence-electron chi connectivity index (χ0n) is 86.5. The molecule has 12 aliphatic rings. The smallest absolute Gasteiger partial charge is 0.410 e.